The largest absolute Gasteiger partial charge is 0.461 e. The molecule has 10 heteroatoms. The van der Waals surface area contributed by atoms with E-state index in [0.29, 0.717) is 37.3 Å². The lowest BCUT2D eigenvalue weighted by Crippen LogP contribution is -2.45. The van der Waals surface area contributed by atoms with Crippen molar-refractivity contribution in [3.8, 4) is 0 Å². The van der Waals surface area contributed by atoms with Crippen LogP contribution in [0, 0.1) is 13.5 Å². The number of furan rings is 1. The Kier molecular flexibility index (Phi) is 8.70. The van der Waals surface area contributed by atoms with E-state index in [-0.39, 0.29) is 34.8 Å². The lowest BCUT2D eigenvalue weighted by Gasteiger charge is -2.25. The maximum absolute atomic E-state index is 13.7. The first-order valence-corrected chi connectivity index (χ1v) is 14.3. The lowest BCUT2D eigenvalue weighted by atomic mass is 10.0. The first kappa shape index (κ1) is 28.4. The average molecular weight is 574 g/mol. The number of anilines is 1. The molecule has 0 aliphatic carbocycles. The van der Waals surface area contributed by atoms with Crippen molar-refractivity contribution in [2.24, 2.45) is 4.99 Å². The van der Waals surface area contributed by atoms with Crippen LogP contribution in [0.15, 0.2) is 57.9 Å². The van der Waals surface area contributed by atoms with Gasteiger partial charge in [-0.25, -0.2) is 6.57 Å². The van der Waals surface area contributed by atoms with Crippen LogP contribution in [0.25, 0.3) is 15.8 Å². The van der Waals surface area contributed by atoms with E-state index in [1.54, 1.807) is 46.2 Å². The number of amidine groups is 1. The Morgan fingerprint density at radius 1 is 1.12 bits per heavy atom. The monoisotopic (exact) mass is 573 g/mol. The molecule has 0 spiro atoms. The number of hydrogen-bond donors (Lipinski definition) is 1. The van der Waals surface area contributed by atoms with Crippen LogP contribution < -0.4 is 5.32 Å². The maximum atomic E-state index is 13.7. The van der Waals surface area contributed by atoms with Crippen molar-refractivity contribution in [2.45, 2.75) is 51.1 Å². The number of halogens is 1. The van der Waals surface area contributed by atoms with Crippen molar-refractivity contribution in [1.82, 2.24) is 9.80 Å². The molecule has 2 fully saturated rings. The third-order valence-corrected chi connectivity index (χ3v) is 7.85. The first-order valence-electron chi connectivity index (χ1n) is 13.9. The normalized spacial score (nSPS) is 18.7. The summed E-state index contributed by atoms with van der Waals surface area (Å²) in [6.45, 7) is 11.7. The predicted octanol–water partition coefficient (Wildman–Crippen LogP) is 5.38. The van der Waals surface area contributed by atoms with Gasteiger partial charge in [0.1, 0.15) is 17.4 Å². The van der Waals surface area contributed by atoms with Crippen molar-refractivity contribution in [2.75, 3.05) is 31.5 Å². The van der Waals surface area contributed by atoms with E-state index in [1.165, 1.54) is 0 Å². The van der Waals surface area contributed by atoms with E-state index in [0.717, 1.165) is 36.8 Å². The zero-order valence-corrected chi connectivity index (χ0v) is 23.7. The number of rotatable bonds is 7. The summed E-state index contributed by atoms with van der Waals surface area (Å²) in [5.74, 6) is -0.0268. The summed E-state index contributed by atoms with van der Waals surface area (Å²) in [7, 11) is 0. The van der Waals surface area contributed by atoms with Gasteiger partial charge in [0, 0.05) is 36.3 Å². The summed E-state index contributed by atoms with van der Waals surface area (Å²) in [5.41, 5.74) is 1.51. The highest BCUT2D eigenvalue weighted by Gasteiger charge is 2.36. The van der Waals surface area contributed by atoms with Gasteiger partial charge < -0.3 is 19.5 Å². The zero-order chi connectivity index (χ0) is 28.9. The quantitative estimate of drug-likeness (QED) is 0.177. The molecule has 2 saturated heterocycles. The highest BCUT2D eigenvalue weighted by Crippen LogP contribution is 2.25. The van der Waals surface area contributed by atoms with Gasteiger partial charge in [0.15, 0.2) is 5.84 Å². The van der Waals surface area contributed by atoms with Gasteiger partial charge in [0.25, 0.3) is 5.78 Å². The van der Waals surface area contributed by atoms with Crippen molar-refractivity contribution in [1.29, 1.82) is 0 Å². The molecule has 0 bridgehead atoms. The number of nitrogens with one attached hydrogen (secondary N) is 1. The summed E-state index contributed by atoms with van der Waals surface area (Å²) in [4.78, 5) is 51.9. The van der Waals surface area contributed by atoms with E-state index in [9.17, 15) is 14.4 Å². The average Bonchev–Trinajstić information content (AvgIpc) is 3.59. The number of likely N-dealkylation sites (tertiary alicyclic amines) is 2. The lowest BCUT2D eigenvalue weighted by molar-refractivity contribution is -0.140. The van der Waals surface area contributed by atoms with Gasteiger partial charge in [-0.2, -0.15) is 0 Å². The van der Waals surface area contributed by atoms with Crippen LogP contribution in [0.3, 0.4) is 0 Å². The molecule has 9 nitrogen and oxygen atoms in total. The fraction of sp³-hybridized carbons (Fsp3) is 0.387. The molecule has 0 radical (unpaired) electrons. The molecule has 0 saturated carbocycles. The van der Waals surface area contributed by atoms with Crippen LogP contribution in [0.5, 0.6) is 0 Å². The number of amides is 2. The third-order valence-electron chi connectivity index (χ3n) is 7.52. The van der Waals surface area contributed by atoms with Gasteiger partial charge in [-0.15, -0.1) is 0 Å². The van der Waals surface area contributed by atoms with Crippen molar-refractivity contribution in [3.63, 3.8) is 0 Å². The molecule has 1 N–H and O–H groups in total. The van der Waals surface area contributed by atoms with Gasteiger partial charge in [0.2, 0.25) is 11.8 Å². The van der Waals surface area contributed by atoms with Crippen LogP contribution in [0.1, 0.15) is 48.2 Å². The van der Waals surface area contributed by atoms with Crippen LogP contribution >= 0.6 is 11.6 Å². The second-order valence-corrected chi connectivity index (χ2v) is 10.9. The molecular weight excluding hydrogens is 542 g/mol. The Bertz CT molecular complexity index is 1530. The predicted molar refractivity (Wildman–Crippen MR) is 158 cm³/mol. The first-order chi connectivity index (χ1) is 19.8. The number of fused-ring (bicyclic) bond motifs is 1. The Labute approximate surface area is 244 Å². The molecule has 2 amide bonds. The molecule has 2 aliphatic heterocycles. The van der Waals surface area contributed by atoms with Gasteiger partial charge in [-0.3, -0.25) is 24.2 Å². The van der Waals surface area contributed by atoms with E-state index >= 15 is 0 Å². The number of carbonyl (C=O) groups is 3. The second kappa shape index (κ2) is 12.6. The molecule has 2 aromatic carbocycles. The summed E-state index contributed by atoms with van der Waals surface area (Å²) in [5, 5.41) is 4.26. The fourth-order valence-electron chi connectivity index (χ4n) is 5.38. The van der Waals surface area contributed by atoms with E-state index in [4.69, 9.17) is 27.6 Å². The molecule has 5 rings (SSSR count). The zero-order valence-electron chi connectivity index (χ0n) is 22.9. The summed E-state index contributed by atoms with van der Waals surface area (Å²) < 4.78 is 5.68. The summed E-state index contributed by atoms with van der Waals surface area (Å²) in [6.07, 6.45) is 3.87. The van der Waals surface area contributed by atoms with E-state index < -0.39 is 17.9 Å². The maximum Gasteiger partial charge on any atom is 0.341 e. The Hall–Kier alpha value is -4.16. The number of aliphatic imine (C=N–C) groups is 1. The molecule has 2 unspecified atom stereocenters. The SMILES string of the molecule is [C-]#[N+]C(C(=O)c1ccccc1Cl)C(=NC1CCCCN(CC(=O)N2CCCC2)C1=O)Nc1ccc2oc(C)cc2c1. The van der Waals surface area contributed by atoms with Crippen LogP contribution in [-0.2, 0) is 9.59 Å². The number of Topliss-reactive ketones (excluding diaryl/α,β-unsaturated/α-hetero) is 1. The minimum absolute atomic E-state index is 0.00885. The molecule has 2 aliphatic rings. The number of aryl methyl sites for hydroxylation is 1. The number of ketones is 1. The Balaban J connectivity index is 1.48. The van der Waals surface area contributed by atoms with E-state index in [2.05, 4.69) is 10.2 Å². The molecule has 212 valence electrons. The molecular formula is C31H32ClN5O4. The second-order valence-electron chi connectivity index (χ2n) is 10.5. The highest BCUT2D eigenvalue weighted by atomic mass is 35.5. The van der Waals surface area contributed by atoms with Crippen LogP contribution in [0.4, 0.5) is 5.69 Å². The number of hydrogen-bond acceptors (Lipinski definition) is 5. The number of benzene rings is 2. The molecule has 3 aromatic rings. The van der Waals surface area contributed by atoms with Crippen molar-refractivity contribution in [3.05, 3.63) is 76.3 Å². The van der Waals surface area contributed by atoms with Gasteiger partial charge in [-0.05, 0) is 75.4 Å². The molecule has 3 heterocycles. The van der Waals surface area contributed by atoms with Crippen molar-refractivity contribution >= 4 is 51.7 Å². The Morgan fingerprint density at radius 2 is 1.88 bits per heavy atom. The van der Waals surface area contributed by atoms with Crippen LogP contribution in [-0.4, -0.2) is 71.5 Å². The number of carbonyl (C=O) groups excluding carboxylic acids is 3. The summed E-state index contributed by atoms with van der Waals surface area (Å²) in [6, 6.07) is 11.7. The van der Waals surface area contributed by atoms with Crippen molar-refractivity contribution < 1.29 is 18.8 Å². The van der Waals surface area contributed by atoms with Crippen LogP contribution in [0.2, 0.25) is 5.02 Å². The Morgan fingerprint density at radius 3 is 2.63 bits per heavy atom. The topological polar surface area (TPSA) is 99.6 Å². The van der Waals surface area contributed by atoms with Gasteiger partial charge in [-0.1, -0.05) is 23.7 Å². The minimum atomic E-state index is -1.35. The molecule has 1 aromatic heterocycles. The van der Waals surface area contributed by atoms with Gasteiger partial charge in [0.05, 0.1) is 11.6 Å². The molecule has 2 atom stereocenters. The van der Waals surface area contributed by atoms with Gasteiger partial charge >= 0.3 is 6.04 Å². The standard InChI is InChI=1S/C31H32ClN5O4/c1-20-17-21-18-22(12-13-26(21)41-20)34-30(28(33-2)29(39)23-9-3-4-10-24(23)32)35-25-11-5-6-16-37(31(25)40)19-27(38)36-14-7-8-15-36/h3-4,9-10,12-13,17-18,25,28H,5-8,11,14-16,19H2,1H3,(H,34,35). The smallest absolute Gasteiger partial charge is 0.341 e. The third kappa shape index (κ3) is 6.44. The highest BCUT2D eigenvalue weighted by molar-refractivity contribution is 6.35. The summed E-state index contributed by atoms with van der Waals surface area (Å²) >= 11 is 6.32. The van der Waals surface area contributed by atoms with E-state index in [1.807, 2.05) is 19.1 Å². The molecule has 41 heavy (non-hydrogen) atoms. The minimum Gasteiger partial charge on any atom is -0.461 e. The number of nitrogens with zero attached hydrogens (tertiary/aromatic N) is 4. The fourth-order valence-corrected chi connectivity index (χ4v) is 5.61.